The summed E-state index contributed by atoms with van der Waals surface area (Å²) in [6.07, 6.45) is 6.06. The Bertz CT molecular complexity index is 1390. The molecule has 1 aliphatic rings. The number of carbonyl (C=O) groups is 1. The predicted octanol–water partition coefficient (Wildman–Crippen LogP) is 4.40. The molecule has 2 aromatic carbocycles. The molecule has 3 heterocycles. The van der Waals surface area contributed by atoms with E-state index in [4.69, 9.17) is 14.2 Å². The minimum absolute atomic E-state index is 0.335. The third-order valence-corrected chi connectivity index (χ3v) is 5.94. The Labute approximate surface area is 220 Å². The van der Waals surface area contributed by atoms with Gasteiger partial charge >= 0.3 is 0 Å². The SMILES string of the molecule is C=CC(=O)Nc1cc2c(Nc3ccc(Oc4cccnc4)cc3)ncnc2cc1OCCN1CCOCC1. The minimum atomic E-state index is -0.335. The number of pyridine rings is 1. The summed E-state index contributed by atoms with van der Waals surface area (Å²) in [5.74, 6) is 2.13. The molecule has 1 aliphatic heterocycles. The minimum Gasteiger partial charge on any atom is -0.490 e. The van der Waals surface area contributed by atoms with Crippen LogP contribution in [0, 0.1) is 0 Å². The van der Waals surface area contributed by atoms with Gasteiger partial charge in [-0.2, -0.15) is 0 Å². The first-order valence-corrected chi connectivity index (χ1v) is 12.3. The number of morpholine rings is 1. The number of aromatic nitrogens is 3. The second kappa shape index (κ2) is 12.1. The first-order chi connectivity index (χ1) is 18.7. The quantitative estimate of drug-likeness (QED) is 0.299. The number of hydrogen-bond donors (Lipinski definition) is 2. The van der Waals surface area contributed by atoms with Crippen molar-refractivity contribution in [1.29, 1.82) is 0 Å². The highest BCUT2D eigenvalue weighted by molar-refractivity contribution is 6.03. The highest BCUT2D eigenvalue weighted by atomic mass is 16.5. The van der Waals surface area contributed by atoms with Crippen molar-refractivity contribution in [2.75, 3.05) is 50.1 Å². The number of amides is 1. The molecular formula is C28H28N6O4. The topological polar surface area (TPSA) is 111 Å². The third kappa shape index (κ3) is 6.41. The molecule has 1 saturated heterocycles. The maximum absolute atomic E-state index is 12.2. The lowest BCUT2D eigenvalue weighted by Crippen LogP contribution is -2.38. The van der Waals surface area contributed by atoms with Crippen LogP contribution in [-0.4, -0.2) is 65.2 Å². The number of nitrogens with one attached hydrogen (secondary N) is 2. The van der Waals surface area contributed by atoms with E-state index in [2.05, 4.69) is 37.1 Å². The van der Waals surface area contributed by atoms with Crippen molar-refractivity contribution >= 4 is 34.0 Å². The monoisotopic (exact) mass is 512 g/mol. The summed E-state index contributed by atoms with van der Waals surface area (Å²) in [4.78, 5) is 27.4. The largest absolute Gasteiger partial charge is 0.490 e. The van der Waals surface area contributed by atoms with E-state index in [1.807, 2.05) is 48.5 Å². The molecule has 0 unspecified atom stereocenters. The lowest BCUT2D eigenvalue weighted by Gasteiger charge is -2.26. The lowest BCUT2D eigenvalue weighted by molar-refractivity contribution is -0.111. The van der Waals surface area contributed by atoms with Crippen LogP contribution in [0.3, 0.4) is 0 Å². The number of nitrogens with zero attached hydrogens (tertiary/aromatic N) is 4. The molecule has 2 aromatic heterocycles. The fraction of sp³-hybridized carbons (Fsp3) is 0.214. The number of benzene rings is 2. The molecule has 4 aromatic rings. The number of ether oxygens (including phenoxy) is 3. The lowest BCUT2D eigenvalue weighted by atomic mass is 10.1. The maximum Gasteiger partial charge on any atom is 0.247 e. The summed E-state index contributed by atoms with van der Waals surface area (Å²) in [5.41, 5.74) is 2.01. The zero-order chi connectivity index (χ0) is 26.2. The van der Waals surface area contributed by atoms with Crippen molar-refractivity contribution in [3.05, 3.63) is 79.9 Å². The zero-order valence-corrected chi connectivity index (χ0v) is 20.8. The number of hydrogen-bond acceptors (Lipinski definition) is 9. The molecule has 0 radical (unpaired) electrons. The molecule has 0 aliphatic carbocycles. The average molecular weight is 513 g/mol. The maximum atomic E-state index is 12.2. The van der Waals surface area contributed by atoms with E-state index in [0.29, 0.717) is 40.9 Å². The molecule has 38 heavy (non-hydrogen) atoms. The Kier molecular flexibility index (Phi) is 8.02. The molecule has 1 amide bonds. The van der Waals surface area contributed by atoms with Gasteiger partial charge in [0.2, 0.25) is 5.91 Å². The Morgan fingerprint density at radius 3 is 2.71 bits per heavy atom. The van der Waals surface area contributed by atoms with Crippen LogP contribution in [0.4, 0.5) is 17.2 Å². The third-order valence-electron chi connectivity index (χ3n) is 5.94. The van der Waals surface area contributed by atoms with E-state index in [1.54, 1.807) is 12.4 Å². The molecule has 10 nitrogen and oxygen atoms in total. The Hall–Kier alpha value is -4.54. The van der Waals surface area contributed by atoms with Gasteiger partial charge in [-0.25, -0.2) is 9.97 Å². The van der Waals surface area contributed by atoms with Gasteiger partial charge < -0.3 is 24.8 Å². The van der Waals surface area contributed by atoms with Gasteiger partial charge in [-0.05, 0) is 48.5 Å². The van der Waals surface area contributed by atoms with Crippen LogP contribution in [0.5, 0.6) is 17.2 Å². The van der Waals surface area contributed by atoms with E-state index in [0.717, 1.165) is 43.9 Å². The number of carbonyl (C=O) groups excluding carboxylic acids is 1. The Balaban J connectivity index is 1.35. The Morgan fingerprint density at radius 2 is 1.95 bits per heavy atom. The second-order valence-corrected chi connectivity index (χ2v) is 8.52. The molecule has 1 fully saturated rings. The highest BCUT2D eigenvalue weighted by Crippen LogP contribution is 2.34. The highest BCUT2D eigenvalue weighted by Gasteiger charge is 2.15. The van der Waals surface area contributed by atoms with E-state index in [1.165, 1.54) is 12.4 Å². The van der Waals surface area contributed by atoms with E-state index >= 15 is 0 Å². The fourth-order valence-electron chi connectivity index (χ4n) is 3.98. The zero-order valence-electron chi connectivity index (χ0n) is 20.8. The van der Waals surface area contributed by atoms with Crippen LogP contribution in [0.15, 0.2) is 79.9 Å². The van der Waals surface area contributed by atoms with Crippen LogP contribution >= 0.6 is 0 Å². The summed E-state index contributed by atoms with van der Waals surface area (Å²) in [6.45, 7) is 7.98. The Morgan fingerprint density at radius 1 is 1.11 bits per heavy atom. The van der Waals surface area contributed by atoms with Crippen LogP contribution in [0.2, 0.25) is 0 Å². The number of fused-ring (bicyclic) bond motifs is 1. The van der Waals surface area contributed by atoms with Crippen molar-refractivity contribution in [2.24, 2.45) is 0 Å². The van der Waals surface area contributed by atoms with Crippen LogP contribution in [0.25, 0.3) is 10.9 Å². The van der Waals surface area contributed by atoms with Crippen LogP contribution < -0.4 is 20.1 Å². The summed E-state index contributed by atoms with van der Waals surface area (Å²) < 4.78 is 17.3. The van der Waals surface area contributed by atoms with Crippen molar-refractivity contribution < 1.29 is 19.0 Å². The van der Waals surface area contributed by atoms with E-state index in [9.17, 15) is 4.79 Å². The van der Waals surface area contributed by atoms with E-state index in [-0.39, 0.29) is 5.91 Å². The smallest absolute Gasteiger partial charge is 0.247 e. The second-order valence-electron chi connectivity index (χ2n) is 8.52. The summed E-state index contributed by atoms with van der Waals surface area (Å²) in [5, 5.41) is 6.89. The molecule has 5 rings (SSSR count). The van der Waals surface area contributed by atoms with Gasteiger partial charge in [0.25, 0.3) is 0 Å². The number of anilines is 3. The van der Waals surface area contributed by atoms with Gasteiger partial charge in [-0.15, -0.1) is 0 Å². The molecule has 0 spiro atoms. The first-order valence-electron chi connectivity index (χ1n) is 12.3. The number of rotatable bonds is 10. The van der Waals surface area contributed by atoms with Crippen molar-refractivity contribution in [2.45, 2.75) is 0 Å². The van der Waals surface area contributed by atoms with E-state index < -0.39 is 0 Å². The summed E-state index contributed by atoms with van der Waals surface area (Å²) in [7, 11) is 0. The molecule has 2 N–H and O–H groups in total. The first kappa shape index (κ1) is 25.1. The fourth-order valence-corrected chi connectivity index (χ4v) is 3.98. The van der Waals surface area contributed by atoms with Crippen molar-refractivity contribution in [1.82, 2.24) is 19.9 Å². The van der Waals surface area contributed by atoms with Crippen molar-refractivity contribution in [3.8, 4) is 17.2 Å². The van der Waals surface area contributed by atoms with Crippen LogP contribution in [0.1, 0.15) is 0 Å². The van der Waals surface area contributed by atoms with Gasteiger partial charge in [0, 0.05) is 43.0 Å². The molecule has 0 atom stereocenters. The van der Waals surface area contributed by atoms with Crippen LogP contribution in [-0.2, 0) is 9.53 Å². The molecule has 194 valence electrons. The average Bonchev–Trinajstić information content (AvgIpc) is 2.95. The molecule has 10 heteroatoms. The van der Waals surface area contributed by atoms with Gasteiger partial charge in [0.15, 0.2) is 0 Å². The van der Waals surface area contributed by atoms with Gasteiger partial charge in [-0.1, -0.05) is 6.58 Å². The molecule has 0 bridgehead atoms. The predicted molar refractivity (Wildman–Crippen MR) is 145 cm³/mol. The normalized spacial score (nSPS) is 13.6. The summed E-state index contributed by atoms with van der Waals surface area (Å²) in [6, 6.07) is 14.8. The molecular weight excluding hydrogens is 484 g/mol. The summed E-state index contributed by atoms with van der Waals surface area (Å²) >= 11 is 0. The van der Waals surface area contributed by atoms with Gasteiger partial charge in [-0.3, -0.25) is 14.7 Å². The molecule has 0 saturated carbocycles. The van der Waals surface area contributed by atoms with Gasteiger partial charge in [0.05, 0.1) is 30.6 Å². The standard InChI is InChI=1S/C28H28N6O4/c1-2-27(35)33-25-16-23-24(17-26(25)37-15-12-34-10-13-36-14-11-34)30-19-31-28(23)32-20-5-7-21(8-6-20)38-22-4-3-9-29-18-22/h2-9,16-19H,1,10-15H2,(H,33,35)(H,30,31,32). The van der Waals surface area contributed by atoms with Gasteiger partial charge in [0.1, 0.15) is 36.0 Å². The van der Waals surface area contributed by atoms with Crippen molar-refractivity contribution in [3.63, 3.8) is 0 Å².